The van der Waals surface area contributed by atoms with E-state index in [2.05, 4.69) is 21.2 Å². The Labute approximate surface area is 89.1 Å². The average molecular weight is 266 g/mol. The number of alkyl halides is 1. The summed E-state index contributed by atoms with van der Waals surface area (Å²) in [5.74, 6) is -0.392. The Kier molecular flexibility index (Phi) is 4.28. The second-order valence-electron chi connectivity index (χ2n) is 2.85. The van der Waals surface area contributed by atoms with Crippen molar-refractivity contribution < 1.29 is 13.9 Å². The Morgan fingerprint density at radius 3 is 2.71 bits per heavy atom. The normalized spacial score (nSPS) is 12.6. The summed E-state index contributed by atoms with van der Waals surface area (Å²) in [5.41, 5.74) is 0.504. The first kappa shape index (κ1) is 11.4. The van der Waals surface area contributed by atoms with Gasteiger partial charge >= 0.3 is 0 Å². The van der Waals surface area contributed by atoms with Crippen molar-refractivity contribution in [3.8, 4) is 0 Å². The number of hydrogen-bond acceptors (Lipinski definition) is 2. The lowest BCUT2D eigenvalue weighted by Gasteiger charge is -2.09. The zero-order chi connectivity index (χ0) is 10.6. The van der Waals surface area contributed by atoms with Crippen LogP contribution < -0.4 is 5.32 Å². The van der Waals surface area contributed by atoms with Crippen molar-refractivity contribution in [3.05, 3.63) is 28.5 Å². The lowest BCUT2D eigenvalue weighted by molar-refractivity contribution is 0.151. The molecular weight excluding hydrogens is 256 g/mol. The predicted octanol–water partition coefficient (Wildman–Crippen LogP) is 2.33. The maximum Gasteiger partial charge on any atom is 0.126 e. The molecule has 1 unspecified atom stereocenters. The number of aliphatic hydroxyl groups is 1. The summed E-state index contributed by atoms with van der Waals surface area (Å²) in [6, 6.07) is 4.24. The lowest BCUT2D eigenvalue weighted by Crippen LogP contribution is -2.21. The first-order valence-electron chi connectivity index (χ1n) is 4.06. The van der Waals surface area contributed by atoms with Gasteiger partial charge in [-0.15, -0.1) is 0 Å². The molecule has 1 aromatic rings. The molecule has 1 rings (SSSR count). The van der Waals surface area contributed by atoms with E-state index >= 15 is 0 Å². The fourth-order valence-electron chi connectivity index (χ4n) is 0.946. The Morgan fingerprint density at radius 1 is 1.43 bits per heavy atom. The topological polar surface area (TPSA) is 32.3 Å². The molecule has 0 saturated heterocycles. The number of rotatable bonds is 4. The number of benzene rings is 1. The first-order chi connectivity index (χ1) is 6.61. The van der Waals surface area contributed by atoms with Gasteiger partial charge in [-0.05, 0) is 18.2 Å². The Balaban J connectivity index is 2.58. The minimum absolute atomic E-state index is 0.0619. The van der Waals surface area contributed by atoms with Crippen LogP contribution in [0.2, 0.25) is 0 Å². The zero-order valence-corrected chi connectivity index (χ0v) is 8.89. The van der Waals surface area contributed by atoms with Crippen LogP contribution in [-0.2, 0) is 0 Å². The van der Waals surface area contributed by atoms with Gasteiger partial charge in [-0.1, -0.05) is 15.9 Å². The van der Waals surface area contributed by atoms with Crippen LogP contribution in [0.1, 0.15) is 0 Å². The van der Waals surface area contributed by atoms with E-state index < -0.39 is 18.6 Å². The molecule has 0 fully saturated rings. The monoisotopic (exact) mass is 265 g/mol. The fourth-order valence-corrected chi connectivity index (χ4v) is 1.41. The van der Waals surface area contributed by atoms with Crippen LogP contribution in [0, 0.1) is 5.82 Å². The van der Waals surface area contributed by atoms with Gasteiger partial charge in [0.1, 0.15) is 12.5 Å². The average Bonchev–Trinajstić information content (AvgIpc) is 2.12. The van der Waals surface area contributed by atoms with Crippen molar-refractivity contribution in [2.45, 2.75) is 6.10 Å². The summed E-state index contributed by atoms with van der Waals surface area (Å²) in [4.78, 5) is 0. The minimum Gasteiger partial charge on any atom is -0.389 e. The molecule has 2 nitrogen and oxygen atoms in total. The predicted molar refractivity (Wildman–Crippen MR) is 54.6 cm³/mol. The van der Waals surface area contributed by atoms with Crippen LogP contribution in [0.5, 0.6) is 0 Å². The van der Waals surface area contributed by atoms with Crippen LogP contribution in [0.15, 0.2) is 22.7 Å². The van der Waals surface area contributed by atoms with Crippen molar-refractivity contribution in [2.75, 3.05) is 18.5 Å². The second-order valence-corrected chi connectivity index (χ2v) is 3.76. The van der Waals surface area contributed by atoms with Gasteiger partial charge in [0.05, 0.1) is 6.10 Å². The van der Waals surface area contributed by atoms with Gasteiger partial charge < -0.3 is 10.4 Å². The third-order valence-corrected chi connectivity index (χ3v) is 2.04. The maximum atomic E-state index is 12.8. The number of hydrogen-bond donors (Lipinski definition) is 2. The third kappa shape index (κ3) is 3.59. The van der Waals surface area contributed by atoms with Gasteiger partial charge in [0.2, 0.25) is 0 Å². The number of anilines is 1. The van der Waals surface area contributed by atoms with Gasteiger partial charge in [0.25, 0.3) is 0 Å². The number of halogens is 3. The van der Waals surface area contributed by atoms with Gasteiger partial charge in [-0.3, -0.25) is 0 Å². The summed E-state index contributed by atoms with van der Waals surface area (Å²) < 4.78 is 25.3. The standard InChI is InChI=1S/C9H10BrF2NO/c10-6-1-7(12)3-8(2-6)13-5-9(14)4-11/h1-3,9,13-14H,4-5H2. The molecule has 0 heterocycles. The van der Waals surface area contributed by atoms with Crippen molar-refractivity contribution in [3.63, 3.8) is 0 Å². The second kappa shape index (κ2) is 5.26. The molecule has 0 radical (unpaired) electrons. The molecule has 5 heteroatoms. The van der Waals surface area contributed by atoms with E-state index in [0.29, 0.717) is 10.2 Å². The van der Waals surface area contributed by atoms with Crippen LogP contribution >= 0.6 is 15.9 Å². The molecule has 0 aliphatic rings. The van der Waals surface area contributed by atoms with E-state index in [1.54, 1.807) is 6.07 Å². The Hall–Kier alpha value is -0.680. The molecule has 14 heavy (non-hydrogen) atoms. The molecule has 0 saturated carbocycles. The highest BCUT2D eigenvalue weighted by Gasteiger charge is 2.03. The van der Waals surface area contributed by atoms with Crippen molar-refractivity contribution in [1.82, 2.24) is 0 Å². The molecule has 0 bridgehead atoms. The molecule has 0 amide bonds. The highest BCUT2D eigenvalue weighted by molar-refractivity contribution is 9.10. The fraction of sp³-hybridized carbons (Fsp3) is 0.333. The Bertz CT molecular complexity index is 289. The van der Waals surface area contributed by atoms with Crippen LogP contribution in [0.3, 0.4) is 0 Å². The van der Waals surface area contributed by atoms with Crippen LogP contribution in [-0.4, -0.2) is 24.4 Å². The largest absolute Gasteiger partial charge is 0.389 e. The van der Waals surface area contributed by atoms with E-state index in [4.69, 9.17) is 5.11 Å². The Morgan fingerprint density at radius 2 is 2.14 bits per heavy atom. The smallest absolute Gasteiger partial charge is 0.126 e. The van der Waals surface area contributed by atoms with Gasteiger partial charge in [0.15, 0.2) is 0 Å². The molecule has 2 N–H and O–H groups in total. The van der Waals surface area contributed by atoms with Crippen LogP contribution in [0.4, 0.5) is 14.5 Å². The molecule has 78 valence electrons. The number of nitrogens with one attached hydrogen (secondary N) is 1. The van der Waals surface area contributed by atoms with Crippen molar-refractivity contribution in [1.29, 1.82) is 0 Å². The van der Waals surface area contributed by atoms with E-state index in [-0.39, 0.29) is 6.54 Å². The lowest BCUT2D eigenvalue weighted by atomic mass is 10.3. The van der Waals surface area contributed by atoms with E-state index in [0.717, 1.165) is 0 Å². The molecule has 0 spiro atoms. The quantitative estimate of drug-likeness (QED) is 0.876. The van der Waals surface area contributed by atoms with Crippen molar-refractivity contribution in [2.24, 2.45) is 0 Å². The van der Waals surface area contributed by atoms with E-state index in [9.17, 15) is 8.78 Å². The highest BCUT2D eigenvalue weighted by Crippen LogP contribution is 2.18. The maximum absolute atomic E-state index is 12.8. The van der Waals surface area contributed by atoms with Gasteiger partial charge in [0, 0.05) is 16.7 Å². The summed E-state index contributed by atoms with van der Waals surface area (Å²) in [6.07, 6.45) is -1.06. The molecule has 1 atom stereocenters. The molecule has 0 aromatic heterocycles. The molecule has 0 aliphatic carbocycles. The van der Waals surface area contributed by atoms with E-state index in [1.807, 2.05) is 0 Å². The van der Waals surface area contributed by atoms with E-state index in [1.165, 1.54) is 12.1 Å². The van der Waals surface area contributed by atoms with Gasteiger partial charge in [-0.2, -0.15) is 0 Å². The van der Waals surface area contributed by atoms with Crippen LogP contribution in [0.25, 0.3) is 0 Å². The van der Waals surface area contributed by atoms with Crippen molar-refractivity contribution >= 4 is 21.6 Å². The summed E-state index contributed by atoms with van der Waals surface area (Å²) in [7, 11) is 0. The summed E-state index contributed by atoms with van der Waals surface area (Å²) in [5, 5.41) is 11.6. The first-order valence-corrected chi connectivity index (χ1v) is 4.85. The summed E-state index contributed by atoms with van der Waals surface area (Å²) in [6.45, 7) is -0.754. The molecule has 0 aliphatic heterocycles. The highest BCUT2D eigenvalue weighted by atomic mass is 79.9. The molecule has 1 aromatic carbocycles. The minimum atomic E-state index is -1.06. The number of aliphatic hydroxyl groups excluding tert-OH is 1. The zero-order valence-electron chi connectivity index (χ0n) is 7.30. The van der Waals surface area contributed by atoms with Gasteiger partial charge in [-0.25, -0.2) is 8.78 Å². The summed E-state index contributed by atoms with van der Waals surface area (Å²) >= 11 is 3.12. The third-order valence-electron chi connectivity index (χ3n) is 1.58. The SMILES string of the molecule is OC(CF)CNc1cc(F)cc(Br)c1. The molecular formula is C9H10BrF2NO.